The molecule has 0 aliphatic heterocycles. The lowest BCUT2D eigenvalue weighted by atomic mass is 9.79. The molecule has 1 amide bonds. The van der Waals surface area contributed by atoms with Crippen molar-refractivity contribution >= 4 is 5.91 Å². The molecular weight excluding hydrogens is 304 g/mol. The number of benzene rings is 1. The number of hydrogen-bond donors (Lipinski definition) is 2. The fourth-order valence-corrected chi connectivity index (χ4v) is 2.50. The third-order valence-corrected chi connectivity index (χ3v) is 3.89. The summed E-state index contributed by atoms with van der Waals surface area (Å²) in [6.07, 6.45) is 1.43. The van der Waals surface area contributed by atoms with E-state index in [2.05, 4.69) is 15.5 Å². The summed E-state index contributed by atoms with van der Waals surface area (Å²) in [6, 6.07) is 3.75. The van der Waals surface area contributed by atoms with Crippen molar-refractivity contribution in [2.24, 2.45) is 0 Å². The number of amides is 1. The van der Waals surface area contributed by atoms with E-state index in [4.69, 9.17) is 0 Å². The van der Waals surface area contributed by atoms with E-state index in [9.17, 15) is 9.90 Å². The number of carbonyl (C=O) groups is 1. The second kappa shape index (κ2) is 5.92. The third kappa shape index (κ3) is 3.42. The first-order chi connectivity index (χ1) is 10.9. The van der Waals surface area contributed by atoms with Crippen LogP contribution < -0.4 is 5.32 Å². The molecule has 0 radical (unpaired) electrons. The van der Waals surface area contributed by atoms with Crippen LogP contribution in [0.4, 0.5) is 0 Å². The first-order valence-electron chi connectivity index (χ1n) is 7.98. The van der Waals surface area contributed by atoms with Crippen molar-refractivity contribution < 1.29 is 9.90 Å². The fourth-order valence-electron chi connectivity index (χ4n) is 2.50. The maximum absolute atomic E-state index is 11.7. The average molecular weight is 330 g/mol. The zero-order valence-electron chi connectivity index (χ0n) is 15.4. The Hall–Kier alpha value is -2.37. The van der Waals surface area contributed by atoms with Gasteiger partial charge in [-0.1, -0.05) is 41.5 Å². The number of aromatic hydroxyl groups is 1. The molecule has 0 bridgehead atoms. The lowest BCUT2D eigenvalue weighted by Crippen LogP contribution is -2.19. The molecule has 1 heterocycles. The minimum atomic E-state index is -0.285. The van der Waals surface area contributed by atoms with E-state index in [0.717, 1.165) is 16.8 Å². The SMILES string of the molecule is CNC(=O)c1cnn(-c2cc(C(C)(C)C)c(O)c(C(C)(C)C)c2)n1. The molecule has 0 aliphatic rings. The topological polar surface area (TPSA) is 80.0 Å². The van der Waals surface area contributed by atoms with Gasteiger partial charge in [0.1, 0.15) is 5.75 Å². The van der Waals surface area contributed by atoms with Crippen LogP contribution in [0.2, 0.25) is 0 Å². The molecule has 0 atom stereocenters. The van der Waals surface area contributed by atoms with Crippen molar-refractivity contribution in [3.05, 3.63) is 35.2 Å². The first-order valence-corrected chi connectivity index (χ1v) is 7.98. The molecular formula is C18H26N4O2. The number of rotatable bonds is 2. The van der Waals surface area contributed by atoms with E-state index < -0.39 is 0 Å². The summed E-state index contributed by atoms with van der Waals surface area (Å²) in [4.78, 5) is 13.1. The van der Waals surface area contributed by atoms with Gasteiger partial charge in [-0.25, -0.2) is 0 Å². The molecule has 2 aromatic rings. The van der Waals surface area contributed by atoms with E-state index in [1.165, 1.54) is 11.0 Å². The monoisotopic (exact) mass is 330 g/mol. The maximum atomic E-state index is 11.7. The second-order valence-corrected chi connectivity index (χ2v) is 7.99. The Bertz CT molecular complexity index is 729. The lowest BCUT2D eigenvalue weighted by molar-refractivity contribution is 0.0957. The van der Waals surface area contributed by atoms with E-state index in [1.807, 2.05) is 53.7 Å². The highest BCUT2D eigenvalue weighted by Gasteiger charge is 2.27. The lowest BCUT2D eigenvalue weighted by Gasteiger charge is -2.28. The standard InChI is InChI=1S/C18H26N4O2/c1-17(2,3)12-8-11(9-13(15(12)23)18(4,5)6)22-20-10-14(21-22)16(24)19-7/h8-10,23H,1-7H3,(H,19,24). The molecule has 2 N–H and O–H groups in total. The molecule has 0 spiro atoms. The van der Waals surface area contributed by atoms with Gasteiger partial charge in [-0.2, -0.15) is 9.90 Å². The smallest absolute Gasteiger partial charge is 0.273 e. The Kier molecular flexibility index (Phi) is 4.44. The van der Waals surface area contributed by atoms with Crippen LogP contribution in [0.5, 0.6) is 5.75 Å². The largest absolute Gasteiger partial charge is 0.507 e. The van der Waals surface area contributed by atoms with E-state index >= 15 is 0 Å². The fraction of sp³-hybridized carbons (Fsp3) is 0.500. The Morgan fingerprint density at radius 3 is 2.00 bits per heavy atom. The molecule has 6 nitrogen and oxygen atoms in total. The number of phenolic OH excluding ortho intramolecular Hbond substituents is 1. The van der Waals surface area contributed by atoms with Crippen LogP contribution >= 0.6 is 0 Å². The molecule has 1 aromatic carbocycles. The van der Waals surface area contributed by atoms with Crippen molar-refractivity contribution in [2.75, 3.05) is 7.05 Å². The van der Waals surface area contributed by atoms with Gasteiger partial charge in [-0.15, -0.1) is 5.10 Å². The normalized spacial score (nSPS) is 12.3. The summed E-state index contributed by atoms with van der Waals surface area (Å²) < 4.78 is 0. The summed E-state index contributed by atoms with van der Waals surface area (Å²) in [5, 5.41) is 21.7. The molecule has 0 aliphatic carbocycles. The van der Waals surface area contributed by atoms with Gasteiger partial charge < -0.3 is 10.4 Å². The van der Waals surface area contributed by atoms with Gasteiger partial charge >= 0.3 is 0 Å². The molecule has 0 fully saturated rings. The van der Waals surface area contributed by atoms with Crippen molar-refractivity contribution in [2.45, 2.75) is 52.4 Å². The number of nitrogens with one attached hydrogen (secondary N) is 1. The highest BCUT2D eigenvalue weighted by atomic mass is 16.3. The van der Waals surface area contributed by atoms with Gasteiger partial charge in [-0.3, -0.25) is 4.79 Å². The van der Waals surface area contributed by atoms with Gasteiger partial charge in [0.25, 0.3) is 5.91 Å². The van der Waals surface area contributed by atoms with Crippen LogP contribution in [0.3, 0.4) is 0 Å². The van der Waals surface area contributed by atoms with Crippen molar-refractivity contribution in [1.29, 1.82) is 0 Å². The Labute approximate surface area is 142 Å². The van der Waals surface area contributed by atoms with E-state index in [1.54, 1.807) is 7.05 Å². The minimum Gasteiger partial charge on any atom is -0.507 e. The molecule has 130 valence electrons. The van der Waals surface area contributed by atoms with Crippen molar-refractivity contribution in [1.82, 2.24) is 20.3 Å². The quantitative estimate of drug-likeness (QED) is 0.887. The number of phenols is 1. The zero-order valence-corrected chi connectivity index (χ0v) is 15.4. The van der Waals surface area contributed by atoms with Crippen LogP contribution in [-0.4, -0.2) is 33.1 Å². The minimum absolute atomic E-state index is 0.239. The molecule has 0 unspecified atom stereocenters. The van der Waals surface area contributed by atoms with E-state index in [0.29, 0.717) is 5.75 Å². The van der Waals surface area contributed by atoms with Crippen LogP contribution in [0, 0.1) is 0 Å². The summed E-state index contributed by atoms with van der Waals surface area (Å²) in [5.41, 5.74) is 2.14. The predicted octanol–water partition coefficient (Wildman–Crippen LogP) is 2.93. The molecule has 2 rings (SSSR count). The van der Waals surface area contributed by atoms with Gasteiger partial charge in [0.05, 0.1) is 11.9 Å². The highest BCUT2D eigenvalue weighted by molar-refractivity contribution is 5.91. The second-order valence-electron chi connectivity index (χ2n) is 7.99. The van der Waals surface area contributed by atoms with Crippen molar-refractivity contribution in [3.8, 4) is 11.4 Å². The number of aromatic nitrogens is 3. The number of hydrogen-bond acceptors (Lipinski definition) is 4. The van der Waals surface area contributed by atoms with Crippen LogP contribution in [0.15, 0.2) is 18.3 Å². The average Bonchev–Trinajstić information content (AvgIpc) is 2.94. The van der Waals surface area contributed by atoms with Crippen LogP contribution in [0.1, 0.15) is 63.2 Å². The van der Waals surface area contributed by atoms with E-state index in [-0.39, 0.29) is 22.4 Å². The zero-order chi connectivity index (χ0) is 18.3. The number of carbonyl (C=O) groups excluding carboxylic acids is 1. The summed E-state index contributed by atoms with van der Waals surface area (Å²) in [5.74, 6) is 0.0181. The maximum Gasteiger partial charge on any atom is 0.273 e. The Morgan fingerprint density at radius 2 is 1.58 bits per heavy atom. The Balaban J connectivity index is 2.67. The van der Waals surface area contributed by atoms with Gasteiger partial charge in [0.15, 0.2) is 5.69 Å². The third-order valence-electron chi connectivity index (χ3n) is 3.89. The predicted molar refractivity (Wildman–Crippen MR) is 93.8 cm³/mol. The molecule has 0 saturated heterocycles. The van der Waals surface area contributed by atoms with Crippen molar-refractivity contribution in [3.63, 3.8) is 0 Å². The molecule has 1 aromatic heterocycles. The molecule has 0 saturated carbocycles. The van der Waals surface area contributed by atoms with Crippen LogP contribution in [-0.2, 0) is 10.8 Å². The summed E-state index contributed by atoms with van der Waals surface area (Å²) in [7, 11) is 1.55. The Morgan fingerprint density at radius 1 is 1.08 bits per heavy atom. The van der Waals surface area contributed by atoms with Crippen LogP contribution in [0.25, 0.3) is 5.69 Å². The van der Waals surface area contributed by atoms with Gasteiger partial charge in [0, 0.05) is 18.2 Å². The molecule has 6 heteroatoms. The van der Waals surface area contributed by atoms with Gasteiger partial charge in [0.2, 0.25) is 0 Å². The highest BCUT2D eigenvalue weighted by Crippen LogP contribution is 2.40. The van der Waals surface area contributed by atoms with Gasteiger partial charge in [-0.05, 0) is 23.0 Å². The summed E-state index contributed by atoms with van der Waals surface area (Å²) >= 11 is 0. The summed E-state index contributed by atoms with van der Waals surface area (Å²) in [6.45, 7) is 12.3. The number of nitrogens with zero attached hydrogens (tertiary/aromatic N) is 3. The first kappa shape index (κ1) is 18.0. The molecule has 24 heavy (non-hydrogen) atoms.